The summed E-state index contributed by atoms with van der Waals surface area (Å²) in [5.74, 6) is -2.63. The number of carboxylic acid groups (broad SMARTS) is 1. The van der Waals surface area contributed by atoms with E-state index >= 15 is 0 Å². The number of aliphatic imine (C=N–C) groups is 1. The third-order valence-electron chi connectivity index (χ3n) is 4.24. The quantitative estimate of drug-likeness (QED) is 0.174. The van der Waals surface area contributed by atoms with Crippen LogP contribution in [0.15, 0.2) is 83.9 Å². The molecule has 3 aromatic rings. The predicted octanol–water partition coefficient (Wildman–Crippen LogP) is 3.96. The number of non-ortho nitro benzene ring substituents is 1. The molecule has 0 aliphatic rings. The smallest absolute Gasteiger partial charge is 0.507 e. The summed E-state index contributed by atoms with van der Waals surface area (Å²) in [4.78, 5) is 33.9. The van der Waals surface area contributed by atoms with Crippen LogP contribution in [0.2, 0.25) is 0 Å². The summed E-state index contributed by atoms with van der Waals surface area (Å²) in [5.41, 5.74) is 0.800. The molecule has 0 saturated heterocycles. The van der Waals surface area contributed by atoms with E-state index in [1.807, 2.05) is 0 Å². The van der Waals surface area contributed by atoms with E-state index in [9.17, 15) is 29.7 Å². The van der Waals surface area contributed by atoms with E-state index in [0.29, 0.717) is 11.1 Å². The van der Waals surface area contributed by atoms with Crippen molar-refractivity contribution in [2.24, 2.45) is 4.99 Å². The number of aliphatic hydroxyl groups is 1. The van der Waals surface area contributed by atoms with Crippen LogP contribution < -0.4 is 0 Å². The fourth-order valence-electron chi connectivity index (χ4n) is 2.59. The van der Waals surface area contributed by atoms with Gasteiger partial charge in [0.15, 0.2) is 6.04 Å². The summed E-state index contributed by atoms with van der Waals surface area (Å²) < 4.78 is 10.4. The molecule has 10 nitrogen and oxygen atoms in total. The SMILES string of the molecule is O=C(O)C(N=Cc1cc([N+](=O)[O-])ccc1O)c1ccccc1.O=[P+](O)C(O)c1ccccc1. The Morgan fingerprint density at radius 2 is 1.55 bits per heavy atom. The number of nitrogens with zero attached hydrogens (tertiary/aromatic N) is 2. The highest BCUT2D eigenvalue weighted by Gasteiger charge is 2.27. The zero-order chi connectivity index (χ0) is 24.4. The Hall–Kier alpha value is -3.98. The lowest BCUT2D eigenvalue weighted by Gasteiger charge is -2.07. The molecule has 0 fully saturated rings. The van der Waals surface area contributed by atoms with Crippen molar-refractivity contribution in [2.75, 3.05) is 0 Å². The van der Waals surface area contributed by atoms with Crippen LogP contribution in [-0.2, 0) is 9.36 Å². The zero-order valence-corrected chi connectivity index (χ0v) is 17.9. The van der Waals surface area contributed by atoms with Gasteiger partial charge in [0.05, 0.1) is 4.92 Å². The molecule has 0 aliphatic heterocycles. The molecule has 0 aliphatic carbocycles. The second-order valence-electron chi connectivity index (χ2n) is 6.52. The molecule has 33 heavy (non-hydrogen) atoms. The van der Waals surface area contributed by atoms with Gasteiger partial charge in [0.1, 0.15) is 5.75 Å². The van der Waals surface area contributed by atoms with Gasteiger partial charge in [0.2, 0.25) is 0 Å². The standard InChI is InChI=1S/C15H12N2O5.C7H7O3P/c18-13-7-6-12(17(21)22)8-11(13)9-16-14(15(19)20)10-4-2-1-3-5-10;8-7(11(9)10)6-4-2-1-3-5-6/h1-9,14,18H,(H,19,20);1-5,7-8H/p+1. The third kappa shape index (κ3) is 7.58. The van der Waals surface area contributed by atoms with Crippen LogP contribution in [-0.4, -0.2) is 37.3 Å². The summed E-state index contributed by atoms with van der Waals surface area (Å²) >= 11 is 0. The van der Waals surface area contributed by atoms with Crippen molar-refractivity contribution < 1.29 is 34.5 Å². The highest BCUT2D eigenvalue weighted by atomic mass is 31.1. The Morgan fingerprint density at radius 3 is 2.03 bits per heavy atom. The Balaban J connectivity index is 0.000000294. The number of nitro benzene ring substituents is 1. The number of nitro groups is 1. The number of hydrogen-bond acceptors (Lipinski definition) is 7. The Morgan fingerprint density at radius 1 is 1.00 bits per heavy atom. The Labute approximate surface area is 189 Å². The van der Waals surface area contributed by atoms with Crippen molar-refractivity contribution >= 4 is 25.9 Å². The average Bonchev–Trinajstić information content (AvgIpc) is 2.81. The lowest BCUT2D eigenvalue weighted by molar-refractivity contribution is -0.384. The second-order valence-corrected chi connectivity index (χ2v) is 7.61. The van der Waals surface area contributed by atoms with Crippen molar-refractivity contribution in [3.05, 3.63) is 106 Å². The van der Waals surface area contributed by atoms with E-state index in [1.54, 1.807) is 60.7 Å². The Kier molecular flexibility index (Phi) is 9.31. The number of carboxylic acids is 1. The zero-order valence-electron chi connectivity index (χ0n) is 17.0. The molecule has 4 N–H and O–H groups in total. The van der Waals surface area contributed by atoms with Gasteiger partial charge in [-0.15, -0.1) is 0 Å². The number of rotatable bonds is 7. The number of hydrogen-bond donors (Lipinski definition) is 4. The molecule has 0 amide bonds. The first kappa shape index (κ1) is 25.3. The van der Waals surface area contributed by atoms with E-state index < -0.39 is 30.8 Å². The summed E-state index contributed by atoms with van der Waals surface area (Å²) in [5, 5.41) is 38.7. The van der Waals surface area contributed by atoms with Crippen LogP contribution >= 0.6 is 8.03 Å². The first-order valence-corrected chi connectivity index (χ1v) is 10.7. The maximum absolute atomic E-state index is 11.3. The second kappa shape index (κ2) is 12.2. The van der Waals surface area contributed by atoms with Crippen LogP contribution in [0.5, 0.6) is 5.75 Å². The lowest BCUT2D eigenvalue weighted by atomic mass is 10.1. The van der Waals surface area contributed by atoms with Crippen LogP contribution in [0.1, 0.15) is 28.6 Å². The summed E-state index contributed by atoms with van der Waals surface area (Å²) in [6.45, 7) is 0. The molecule has 0 bridgehead atoms. The average molecular weight is 471 g/mol. The van der Waals surface area contributed by atoms with Gasteiger partial charge in [0, 0.05) is 29.5 Å². The van der Waals surface area contributed by atoms with Gasteiger partial charge in [-0.1, -0.05) is 60.7 Å². The molecule has 170 valence electrons. The molecule has 0 radical (unpaired) electrons. The summed E-state index contributed by atoms with van der Waals surface area (Å²) in [6.07, 6.45) is 1.12. The molecule has 3 atom stereocenters. The van der Waals surface area contributed by atoms with Gasteiger partial charge >= 0.3 is 19.8 Å². The van der Waals surface area contributed by atoms with Crippen molar-refractivity contribution in [3.63, 3.8) is 0 Å². The number of carbonyl (C=O) groups is 1. The summed E-state index contributed by atoms with van der Waals surface area (Å²) in [6, 6.07) is 19.0. The number of benzene rings is 3. The monoisotopic (exact) mass is 471 g/mol. The minimum Gasteiger partial charge on any atom is -0.507 e. The fourth-order valence-corrected chi connectivity index (χ4v) is 3.02. The normalized spacial score (nSPS) is 12.8. The minimum atomic E-state index is -2.53. The number of phenols is 1. The molecule has 0 spiro atoms. The largest absolute Gasteiger partial charge is 0.542 e. The predicted molar refractivity (Wildman–Crippen MR) is 120 cm³/mol. The molecule has 11 heteroatoms. The molecular weight excluding hydrogens is 451 g/mol. The molecule has 0 saturated carbocycles. The number of aromatic hydroxyl groups is 1. The van der Waals surface area contributed by atoms with Gasteiger partial charge in [-0.05, 0) is 16.2 Å². The van der Waals surface area contributed by atoms with Crippen molar-refractivity contribution in [1.82, 2.24) is 0 Å². The summed E-state index contributed by atoms with van der Waals surface area (Å²) in [7, 11) is -2.53. The molecule has 3 aromatic carbocycles. The fraction of sp³-hybridized carbons (Fsp3) is 0.0909. The minimum absolute atomic E-state index is 0.0800. The topological polar surface area (TPSA) is 171 Å². The molecule has 3 rings (SSSR count). The maximum Gasteiger partial charge on any atom is 0.542 e. The highest BCUT2D eigenvalue weighted by molar-refractivity contribution is 7.38. The van der Waals surface area contributed by atoms with E-state index in [1.165, 1.54) is 0 Å². The first-order chi connectivity index (χ1) is 15.7. The Bertz CT molecular complexity index is 1140. The van der Waals surface area contributed by atoms with Crippen molar-refractivity contribution in [1.29, 1.82) is 0 Å². The van der Waals surface area contributed by atoms with Gasteiger partial charge in [0.25, 0.3) is 5.69 Å². The third-order valence-corrected chi connectivity index (χ3v) is 4.96. The molecule has 0 heterocycles. The molecule has 0 aromatic heterocycles. The number of aliphatic hydroxyl groups excluding tert-OH is 1. The van der Waals surface area contributed by atoms with Gasteiger partial charge in [-0.2, -0.15) is 4.89 Å². The van der Waals surface area contributed by atoms with E-state index in [-0.39, 0.29) is 17.0 Å². The van der Waals surface area contributed by atoms with Crippen LogP contribution in [0.4, 0.5) is 5.69 Å². The van der Waals surface area contributed by atoms with Gasteiger partial charge < -0.3 is 15.3 Å². The van der Waals surface area contributed by atoms with E-state index in [4.69, 9.17) is 10.00 Å². The maximum atomic E-state index is 11.3. The molecule has 3 unspecified atom stereocenters. The van der Waals surface area contributed by atoms with Crippen molar-refractivity contribution in [2.45, 2.75) is 11.9 Å². The van der Waals surface area contributed by atoms with Gasteiger partial charge in [-0.3, -0.25) is 15.1 Å². The highest BCUT2D eigenvalue weighted by Crippen LogP contribution is 2.34. The molecular formula is C22H20N2O8P+. The first-order valence-electron chi connectivity index (χ1n) is 9.37. The van der Waals surface area contributed by atoms with Crippen LogP contribution in [0, 0.1) is 10.1 Å². The van der Waals surface area contributed by atoms with E-state index in [2.05, 4.69) is 4.99 Å². The van der Waals surface area contributed by atoms with Crippen molar-refractivity contribution in [3.8, 4) is 5.75 Å². The van der Waals surface area contributed by atoms with E-state index in [0.717, 1.165) is 24.4 Å². The number of aliphatic carboxylic acids is 1. The number of phenolic OH excluding ortho intramolecular Hbond substituents is 1. The lowest BCUT2D eigenvalue weighted by Crippen LogP contribution is -2.09. The van der Waals surface area contributed by atoms with Gasteiger partial charge in [-0.25, -0.2) is 4.79 Å². The van der Waals surface area contributed by atoms with Crippen LogP contribution in [0.3, 0.4) is 0 Å². The van der Waals surface area contributed by atoms with Crippen LogP contribution in [0.25, 0.3) is 0 Å².